The van der Waals surface area contributed by atoms with Gasteiger partial charge in [-0.2, -0.15) is 0 Å². The van der Waals surface area contributed by atoms with Gasteiger partial charge >= 0.3 is 0 Å². The Balaban J connectivity index is 1.39. The molecule has 2 aliphatic heterocycles. The number of likely N-dealkylation sites (tertiary alicyclic amines) is 1. The fourth-order valence-electron chi connectivity index (χ4n) is 3.87. The van der Waals surface area contributed by atoms with Crippen LogP contribution in [0, 0.1) is 5.82 Å². The molecule has 9 heteroatoms. The molecule has 2 saturated heterocycles. The zero-order valence-corrected chi connectivity index (χ0v) is 18.3. The quantitative estimate of drug-likeness (QED) is 0.497. The molecule has 8 nitrogen and oxygen atoms in total. The molecule has 0 unspecified atom stereocenters. The van der Waals surface area contributed by atoms with E-state index in [9.17, 15) is 14.0 Å². The number of guanidine groups is 1. The van der Waals surface area contributed by atoms with Crippen molar-refractivity contribution in [2.75, 3.05) is 63.8 Å². The number of piperazine rings is 1. The van der Waals surface area contributed by atoms with Crippen LogP contribution in [0.25, 0.3) is 0 Å². The predicted molar refractivity (Wildman–Crippen MR) is 120 cm³/mol. The maximum absolute atomic E-state index is 13.1. The molecule has 0 aromatic heterocycles. The third-order valence-electron chi connectivity index (χ3n) is 5.63. The van der Waals surface area contributed by atoms with Gasteiger partial charge in [-0.1, -0.05) is 0 Å². The number of anilines is 1. The second-order valence-electron chi connectivity index (χ2n) is 7.80. The number of hydrogen-bond acceptors (Lipinski definition) is 4. The minimum atomic E-state index is -0.244. The van der Waals surface area contributed by atoms with Crippen molar-refractivity contribution in [1.82, 2.24) is 20.4 Å². The van der Waals surface area contributed by atoms with Crippen molar-refractivity contribution in [1.29, 1.82) is 0 Å². The summed E-state index contributed by atoms with van der Waals surface area (Å²) in [5, 5.41) is 6.27. The van der Waals surface area contributed by atoms with Crippen LogP contribution in [-0.4, -0.2) is 86.5 Å². The number of hydrogen-bond donors (Lipinski definition) is 2. The summed E-state index contributed by atoms with van der Waals surface area (Å²) in [5.41, 5.74) is 0.977. The van der Waals surface area contributed by atoms with E-state index in [4.69, 9.17) is 0 Å². The molecular formula is C22H33FN6O2. The second kappa shape index (κ2) is 11.5. The van der Waals surface area contributed by atoms with Crippen LogP contribution in [0.2, 0.25) is 0 Å². The summed E-state index contributed by atoms with van der Waals surface area (Å²) in [4.78, 5) is 35.0. The third-order valence-corrected chi connectivity index (χ3v) is 5.63. The molecule has 0 radical (unpaired) electrons. The number of benzene rings is 1. The maximum atomic E-state index is 13.1. The number of aliphatic imine (C=N–C) groups is 1. The Morgan fingerprint density at radius 2 is 1.58 bits per heavy atom. The first-order valence-electron chi connectivity index (χ1n) is 11.1. The van der Waals surface area contributed by atoms with Gasteiger partial charge in [0.15, 0.2) is 5.96 Å². The zero-order valence-electron chi connectivity index (χ0n) is 18.3. The van der Waals surface area contributed by atoms with E-state index in [1.807, 2.05) is 16.7 Å². The van der Waals surface area contributed by atoms with Crippen LogP contribution in [0.4, 0.5) is 10.1 Å². The number of nitrogens with zero attached hydrogens (tertiary/aromatic N) is 4. The Labute approximate surface area is 183 Å². The van der Waals surface area contributed by atoms with E-state index in [0.717, 1.165) is 44.7 Å². The first kappa shape index (κ1) is 22.8. The summed E-state index contributed by atoms with van der Waals surface area (Å²) in [6.45, 7) is 7.62. The highest BCUT2D eigenvalue weighted by atomic mass is 19.1. The molecule has 0 spiro atoms. The molecule has 1 aromatic carbocycles. The minimum absolute atomic E-state index is 0.0461. The van der Waals surface area contributed by atoms with Crippen molar-refractivity contribution in [3.63, 3.8) is 0 Å². The van der Waals surface area contributed by atoms with Gasteiger partial charge < -0.3 is 25.3 Å². The van der Waals surface area contributed by atoms with Crippen molar-refractivity contribution in [2.24, 2.45) is 4.99 Å². The number of amides is 2. The predicted octanol–water partition coefficient (Wildman–Crippen LogP) is 1.04. The molecular weight excluding hydrogens is 399 g/mol. The van der Waals surface area contributed by atoms with E-state index >= 15 is 0 Å². The lowest BCUT2D eigenvalue weighted by Gasteiger charge is -2.36. The van der Waals surface area contributed by atoms with Crippen molar-refractivity contribution in [3.05, 3.63) is 30.1 Å². The second-order valence-corrected chi connectivity index (χ2v) is 7.80. The fraction of sp³-hybridized carbons (Fsp3) is 0.591. The van der Waals surface area contributed by atoms with Gasteiger partial charge in [-0.3, -0.25) is 9.59 Å². The zero-order chi connectivity index (χ0) is 22.1. The van der Waals surface area contributed by atoms with Crippen LogP contribution in [0.1, 0.15) is 26.2 Å². The van der Waals surface area contributed by atoms with E-state index in [-0.39, 0.29) is 24.2 Å². The van der Waals surface area contributed by atoms with Gasteiger partial charge in [0.05, 0.1) is 0 Å². The third kappa shape index (κ3) is 6.83. The smallest absolute Gasteiger partial charge is 0.244 e. The lowest BCUT2D eigenvalue weighted by molar-refractivity contribution is -0.131. The highest BCUT2D eigenvalue weighted by molar-refractivity contribution is 5.85. The monoisotopic (exact) mass is 432 g/mol. The summed E-state index contributed by atoms with van der Waals surface area (Å²) in [7, 11) is 0. The summed E-state index contributed by atoms with van der Waals surface area (Å²) >= 11 is 0. The lowest BCUT2D eigenvalue weighted by atomic mass is 10.2. The standard InChI is InChI=1S/C22H33FN6O2/c1-2-24-22(26-17-21(31)28-11-3-4-12-28)25-10-9-20(30)29-15-13-27(14-16-29)19-7-5-18(23)6-8-19/h5-8H,2-4,9-17H2,1H3,(H2,24,25,26). The Morgan fingerprint density at radius 1 is 0.935 bits per heavy atom. The lowest BCUT2D eigenvalue weighted by Crippen LogP contribution is -2.49. The van der Waals surface area contributed by atoms with Crippen LogP contribution in [0.15, 0.2) is 29.3 Å². The fourth-order valence-corrected chi connectivity index (χ4v) is 3.87. The van der Waals surface area contributed by atoms with Crippen molar-refractivity contribution in [2.45, 2.75) is 26.2 Å². The topological polar surface area (TPSA) is 80.3 Å². The highest BCUT2D eigenvalue weighted by Gasteiger charge is 2.21. The van der Waals surface area contributed by atoms with Crippen LogP contribution in [0.5, 0.6) is 0 Å². The van der Waals surface area contributed by atoms with E-state index in [2.05, 4.69) is 20.5 Å². The number of nitrogens with one attached hydrogen (secondary N) is 2. The molecule has 31 heavy (non-hydrogen) atoms. The Bertz CT molecular complexity index is 756. The van der Waals surface area contributed by atoms with Crippen LogP contribution in [-0.2, 0) is 9.59 Å². The Morgan fingerprint density at radius 3 is 2.23 bits per heavy atom. The van der Waals surface area contributed by atoms with E-state index in [0.29, 0.717) is 38.6 Å². The Kier molecular flexibility index (Phi) is 8.49. The van der Waals surface area contributed by atoms with Crippen molar-refractivity contribution in [3.8, 4) is 0 Å². The van der Waals surface area contributed by atoms with Crippen LogP contribution in [0.3, 0.4) is 0 Å². The number of carbonyl (C=O) groups excluding carboxylic acids is 2. The van der Waals surface area contributed by atoms with Gasteiger partial charge in [-0.05, 0) is 44.0 Å². The molecule has 2 fully saturated rings. The maximum Gasteiger partial charge on any atom is 0.244 e. The molecule has 2 amide bonds. The van der Waals surface area contributed by atoms with E-state index in [1.54, 1.807) is 12.1 Å². The average molecular weight is 433 g/mol. The highest BCUT2D eigenvalue weighted by Crippen LogP contribution is 2.17. The normalized spacial score (nSPS) is 17.1. The SMILES string of the molecule is CCNC(=NCC(=O)N1CCCC1)NCCC(=O)N1CCN(c2ccc(F)cc2)CC1. The van der Waals surface area contributed by atoms with Gasteiger partial charge in [0.25, 0.3) is 0 Å². The van der Waals surface area contributed by atoms with Crippen molar-refractivity contribution < 1.29 is 14.0 Å². The average Bonchev–Trinajstić information content (AvgIpc) is 3.33. The largest absolute Gasteiger partial charge is 0.368 e. The van der Waals surface area contributed by atoms with Gasteiger partial charge in [-0.25, -0.2) is 9.38 Å². The molecule has 1 aromatic rings. The van der Waals surface area contributed by atoms with Gasteiger partial charge in [0.1, 0.15) is 12.4 Å². The summed E-state index contributed by atoms with van der Waals surface area (Å²) in [5.74, 6) is 0.454. The van der Waals surface area contributed by atoms with Gasteiger partial charge in [-0.15, -0.1) is 0 Å². The minimum Gasteiger partial charge on any atom is -0.368 e. The first-order valence-corrected chi connectivity index (χ1v) is 11.1. The molecule has 2 heterocycles. The number of rotatable bonds is 7. The molecule has 0 bridgehead atoms. The number of halogens is 1. The molecule has 0 aliphatic carbocycles. The summed E-state index contributed by atoms with van der Waals surface area (Å²) < 4.78 is 13.1. The molecule has 2 N–H and O–H groups in total. The molecule has 3 rings (SSSR count). The van der Waals surface area contributed by atoms with Crippen molar-refractivity contribution >= 4 is 23.5 Å². The Hall–Kier alpha value is -2.84. The van der Waals surface area contributed by atoms with E-state index < -0.39 is 0 Å². The van der Waals surface area contributed by atoms with Gasteiger partial charge in [0.2, 0.25) is 11.8 Å². The molecule has 2 aliphatic rings. The van der Waals surface area contributed by atoms with Crippen LogP contribution < -0.4 is 15.5 Å². The summed E-state index contributed by atoms with van der Waals surface area (Å²) in [6, 6.07) is 6.46. The first-order chi connectivity index (χ1) is 15.1. The number of carbonyl (C=O) groups is 2. The molecule has 0 atom stereocenters. The van der Waals surface area contributed by atoms with Crippen LogP contribution >= 0.6 is 0 Å². The molecule has 170 valence electrons. The van der Waals surface area contributed by atoms with E-state index in [1.165, 1.54) is 12.1 Å². The molecule has 0 saturated carbocycles. The summed E-state index contributed by atoms with van der Waals surface area (Å²) in [6.07, 6.45) is 2.49. The van der Waals surface area contributed by atoms with Gasteiger partial charge in [0, 0.05) is 64.5 Å².